The lowest BCUT2D eigenvalue weighted by Crippen LogP contribution is -2.30. The third-order valence-corrected chi connectivity index (χ3v) is 2.55. The molecular weight excluding hydrogens is 182 g/mol. The quantitative estimate of drug-likeness (QED) is 0.681. The predicted molar refractivity (Wildman–Crippen MR) is 57.5 cm³/mol. The van der Waals surface area contributed by atoms with Crippen LogP contribution in [0.4, 0.5) is 0 Å². The van der Waals surface area contributed by atoms with E-state index in [2.05, 4.69) is 11.9 Å². The molecule has 0 aromatic rings. The Labute approximate surface area is 82.8 Å². The minimum absolute atomic E-state index is 0.0916. The standard InChI is InChI=1S/C10H13NOS/c1-3-4-8(2)5-9-6-13-7-10(12)11-9/h3-5H,1,6-7H2,2H3,(H,11,12)/b8-4-,9-5+. The van der Waals surface area contributed by atoms with Crippen molar-refractivity contribution >= 4 is 17.7 Å². The van der Waals surface area contributed by atoms with Crippen LogP contribution in [0.15, 0.2) is 36.1 Å². The molecule has 1 N–H and O–H groups in total. The van der Waals surface area contributed by atoms with Crippen molar-refractivity contribution in [3.8, 4) is 0 Å². The van der Waals surface area contributed by atoms with Crippen molar-refractivity contribution in [2.75, 3.05) is 11.5 Å². The fourth-order valence-electron chi connectivity index (χ4n) is 1.09. The summed E-state index contributed by atoms with van der Waals surface area (Å²) in [5, 5.41) is 2.83. The molecule has 0 aliphatic carbocycles. The van der Waals surface area contributed by atoms with Crippen LogP contribution in [0.2, 0.25) is 0 Å². The highest BCUT2D eigenvalue weighted by atomic mass is 32.2. The summed E-state index contributed by atoms with van der Waals surface area (Å²) in [4.78, 5) is 11.0. The maximum atomic E-state index is 11.0. The van der Waals surface area contributed by atoms with Gasteiger partial charge in [0.05, 0.1) is 5.75 Å². The van der Waals surface area contributed by atoms with Gasteiger partial charge < -0.3 is 5.32 Å². The van der Waals surface area contributed by atoms with Crippen LogP contribution >= 0.6 is 11.8 Å². The maximum absolute atomic E-state index is 11.0. The molecule has 0 aromatic carbocycles. The van der Waals surface area contributed by atoms with Crippen LogP contribution in [0.3, 0.4) is 0 Å². The zero-order valence-electron chi connectivity index (χ0n) is 7.67. The van der Waals surface area contributed by atoms with Crippen LogP contribution in [0.5, 0.6) is 0 Å². The minimum Gasteiger partial charge on any atom is -0.328 e. The molecule has 0 radical (unpaired) electrons. The Morgan fingerprint density at radius 1 is 1.62 bits per heavy atom. The third-order valence-electron chi connectivity index (χ3n) is 1.57. The summed E-state index contributed by atoms with van der Waals surface area (Å²) in [6, 6.07) is 0. The number of hydrogen-bond acceptors (Lipinski definition) is 2. The zero-order valence-corrected chi connectivity index (χ0v) is 8.49. The van der Waals surface area contributed by atoms with Crippen molar-refractivity contribution in [2.45, 2.75) is 6.92 Å². The van der Waals surface area contributed by atoms with Crippen LogP contribution in [-0.2, 0) is 4.79 Å². The van der Waals surface area contributed by atoms with Crippen molar-refractivity contribution in [2.24, 2.45) is 0 Å². The van der Waals surface area contributed by atoms with Crippen molar-refractivity contribution in [1.29, 1.82) is 0 Å². The molecule has 0 saturated carbocycles. The lowest BCUT2D eigenvalue weighted by molar-refractivity contribution is -0.118. The highest BCUT2D eigenvalue weighted by Gasteiger charge is 2.11. The van der Waals surface area contributed by atoms with E-state index >= 15 is 0 Å². The summed E-state index contributed by atoms with van der Waals surface area (Å²) in [5.41, 5.74) is 2.09. The van der Waals surface area contributed by atoms with Crippen LogP contribution in [0.25, 0.3) is 0 Å². The largest absolute Gasteiger partial charge is 0.328 e. The average molecular weight is 195 g/mol. The van der Waals surface area contributed by atoms with Gasteiger partial charge in [-0.05, 0) is 18.6 Å². The second-order valence-corrected chi connectivity index (χ2v) is 3.84. The van der Waals surface area contributed by atoms with E-state index in [1.807, 2.05) is 19.1 Å². The van der Waals surface area contributed by atoms with E-state index in [1.54, 1.807) is 17.8 Å². The van der Waals surface area contributed by atoms with Gasteiger partial charge in [-0.3, -0.25) is 4.79 Å². The molecule has 3 heteroatoms. The molecule has 0 aromatic heterocycles. The predicted octanol–water partition coefficient (Wildman–Crippen LogP) is 1.87. The molecule has 1 aliphatic rings. The van der Waals surface area contributed by atoms with Crippen LogP contribution in [0.1, 0.15) is 6.92 Å². The fourth-order valence-corrected chi connectivity index (χ4v) is 1.83. The Morgan fingerprint density at radius 3 is 3.00 bits per heavy atom. The molecule has 1 saturated heterocycles. The number of nitrogens with one attached hydrogen (secondary N) is 1. The lowest BCUT2D eigenvalue weighted by Gasteiger charge is -2.14. The molecule has 0 bridgehead atoms. The normalized spacial score (nSPS) is 21.5. The van der Waals surface area contributed by atoms with E-state index in [0.717, 1.165) is 17.0 Å². The van der Waals surface area contributed by atoms with Crippen LogP contribution in [-0.4, -0.2) is 17.4 Å². The second kappa shape index (κ2) is 4.92. The minimum atomic E-state index is 0.0916. The average Bonchev–Trinajstić information content (AvgIpc) is 2.04. The fraction of sp³-hybridized carbons (Fsp3) is 0.300. The van der Waals surface area contributed by atoms with Crippen LogP contribution < -0.4 is 5.32 Å². The van der Waals surface area contributed by atoms with E-state index in [4.69, 9.17) is 0 Å². The van der Waals surface area contributed by atoms with Gasteiger partial charge in [-0.25, -0.2) is 0 Å². The SMILES string of the molecule is C=C/C=C(C)\C=C1/CSCC(=O)N1. The van der Waals surface area contributed by atoms with Gasteiger partial charge in [-0.15, -0.1) is 11.8 Å². The molecular formula is C10H13NOS. The summed E-state index contributed by atoms with van der Waals surface area (Å²) >= 11 is 1.64. The first-order valence-electron chi connectivity index (χ1n) is 4.10. The lowest BCUT2D eigenvalue weighted by atomic mass is 10.2. The molecule has 0 spiro atoms. The Bertz CT molecular complexity index is 279. The van der Waals surface area contributed by atoms with Gasteiger partial charge in [-0.2, -0.15) is 0 Å². The second-order valence-electron chi connectivity index (χ2n) is 2.86. The number of carbonyl (C=O) groups is 1. The number of thioether (sulfide) groups is 1. The number of allylic oxidation sites excluding steroid dienone is 4. The Hall–Kier alpha value is -0.960. The van der Waals surface area contributed by atoms with E-state index in [0.29, 0.717) is 5.75 Å². The van der Waals surface area contributed by atoms with E-state index in [-0.39, 0.29) is 5.91 Å². The van der Waals surface area contributed by atoms with Gasteiger partial charge >= 0.3 is 0 Å². The van der Waals surface area contributed by atoms with E-state index < -0.39 is 0 Å². The number of rotatable bonds is 2. The maximum Gasteiger partial charge on any atom is 0.234 e. The summed E-state index contributed by atoms with van der Waals surface area (Å²) in [6.45, 7) is 5.60. The molecule has 1 aliphatic heterocycles. The molecule has 0 unspecified atom stereocenters. The first kappa shape index (κ1) is 10.1. The molecule has 1 rings (SSSR count). The zero-order chi connectivity index (χ0) is 9.68. The monoisotopic (exact) mass is 195 g/mol. The van der Waals surface area contributed by atoms with E-state index in [9.17, 15) is 4.79 Å². The Kier molecular flexibility index (Phi) is 3.83. The molecule has 0 atom stereocenters. The first-order valence-corrected chi connectivity index (χ1v) is 5.25. The first-order chi connectivity index (χ1) is 6.22. The van der Waals surface area contributed by atoms with Gasteiger partial charge in [0.15, 0.2) is 0 Å². The van der Waals surface area contributed by atoms with Crippen molar-refractivity contribution in [1.82, 2.24) is 5.32 Å². The Balaban J connectivity index is 2.64. The Morgan fingerprint density at radius 2 is 2.38 bits per heavy atom. The highest BCUT2D eigenvalue weighted by Crippen LogP contribution is 2.13. The number of hydrogen-bond donors (Lipinski definition) is 1. The molecule has 70 valence electrons. The summed E-state index contributed by atoms with van der Waals surface area (Å²) < 4.78 is 0. The molecule has 1 fully saturated rings. The smallest absolute Gasteiger partial charge is 0.234 e. The van der Waals surface area contributed by atoms with Crippen molar-refractivity contribution < 1.29 is 4.79 Å². The molecule has 13 heavy (non-hydrogen) atoms. The van der Waals surface area contributed by atoms with Gasteiger partial charge in [0, 0.05) is 11.4 Å². The topological polar surface area (TPSA) is 29.1 Å². The highest BCUT2D eigenvalue weighted by molar-refractivity contribution is 8.00. The summed E-state index contributed by atoms with van der Waals surface area (Å²) in [5.74, 6) is 1.55. The van der Waals surface area contributed by atoms with Gasteiger partial charge in [-0.1, -0.05) is 18.7 Å². The summed E-state index contributed by atoms with van der Waals surface area (Å²) in [7, 11) is 0. The molecule has 2 nitrogen and oxygen atoms in total. The van der Waals surface area contributed by atoms with Crippen LogP contribution in [0, 0.1) is 0 Å². The van der Waals surface area contributed by atoms with Gasteiger partial charge in [0.25, 0.3) is 0 Å². The number of amides is 1. The van der Waals surface area contributed by atoms with Crippen molar-refractivity contribution in [3.05, 3.63) is 36.1 Å². The number of carbonyl (C=O) groups excluding carboxylic acids is 1. The molecule has 1 heterocycles. The van der Waals surface area contributed by atoms with Crippen molar-refractivity contribution in [3.63, 3.8) is 0 Å². The van der Waals surface area contributed by atoms with Gasteiger partial charge in [0.2, 0.25) is 5.91 Å². The summed E-state index contributed by atoms with van der Waals surface area (Å²) in [6.07, 6.45) is 5.63. The van der Waals surface area contributed by atoms with Gasteiger partial charge in [0.1, 0.15) is 0 Å². The molecule has 1 amide bonds. The third kappa shape index (κ3) is 3.51. The van der Waals surface area contributed by atoms with E-state index in [1.165, 1.54) is 0 Å².